The minimum absolute atomic E-state index is 0.0672. The molecule has 8 atom stereocenters. The lowest BCUT2D eigenvalue weighted by atomic mass is 9.96. The van der Waals surface area contributed by atoms with Crippen LogP contribution in [0.1, 0.15) is 65.4 Å². The number of rotatable bonds is 14. The number of aliphatic hydroxyl groups excluding tert-OH is 1. The van der Waals surface area contributed by atoms with E-state index in [1.54, 1.807) is 37.3 Å². The van der Waals surface area contributed by atoms with Crippen LogP contribution < -0.4 is 21.7 Å². The molecule has 2 aliphatic heterocycles. The van der Waals surface area contributed by atoms with Crippen LogP contribution in [0.4, 0.5) is 0 Å². The number of likely N-dealkylation sites (tertiary alicyclic amines) is 2. The molecule has 3 rings (SSSR count). The summed E-state index contributed by atoms with van der Waals surface area (Å²) in [5.41, 5.74) is 6.54. The molecule has 14 heteroatoms. The fourth-order valence-electron chi connectivity index (χ4n) is 5.89. The Hall–Kier alpha value is -4.04. The van der Waals surface area contributed by atoms with E-state index in [1.165, 1.54) is 23.6 Å². The Morgan fingerprint density at radius 3 is 1.93 bits per heavy atom. The molecule has 2 saturated heterocycles. The Morgan fingerprint density at radius 2 is 1.41 bits per heavy atom. The lowest BCUT2D eigenvalue weighted by Gasteiger charge is -2.31. The molecule has 254 valence electrons. The highest BCUT2D eigenvalue weighted by molar-refractivity contribution is 5.96. The fourth-order valence-corrected chi connectivity index (χ4v) is 5.89. The Bertz CT molecular complexity index is 1260. The van der Waals surface area contributed by atoms with Gasteiger partial charge in [-0.25, -0.2) is 4.79 Å². The number of nitrogens with one attached hydrogen (secondary N) is 3. The molecule has 0 bridgehead atoms. The Morgan fingerprint density at radius 1 is 0.870 bits per heavy atom. The number of aliphatic hydroxyl groups is 1. The van der Waals surface area contributed by atoms with Gasteiger partial charge in [0.15, 0.2) is 0 Å². The normalized spacial score (nSPS) is 21.8. The molecule has 0 aliphatic carbocycles. The second-order valence-corrected chi connectivity index (χ2v) is 12.3. The van der Waals surface area contributed by atoms with Crippen molar-refractivity contribution in [1.29, 1.82) is 0 Å². The van der Waals surface area contributed by atoms with E-state index in [2.05, 4.69) is 16.0 Å². The molecule has 0 radical (unpaired) electrons. The zero-order valence-electron chi connectivity index (χ0n) is 27.0. The molecule has 1 aromatic rings. The zero-order valence-corrected chi connectivity index (χ0v) is 27.0. The molecule has 46 heavy (non-hydrogen) atoms. The van der Waals surface area contributed by atoms with Gasteiger partial charge in [0.25, 0.3) is 0 Å². The first kappa shape index (κ1) is 36.4. The van der Waals surface area contributed by atoms with Crippen molar-refractivity contribution in [2.45, 2.75) is 109 Å². The van der Waals surface area contributed by atoms with Crippen LogP contribution in [0, 0.1) is 5.92 Å². The van der Waals surface area contributed by atoms with E-state index in [0.717, 1.165) is 5.56 Å². The largest absolute Gasteiger partial charge is 0.480 e. The Kier molecular flexibility index (Phi) is 13.1. The van der Waals surface area contributed by atoms with E-state index in [1.807, 2.05) is 6.92 Å². The molecule has 0 saturated carbocycles. The molecule has 0 spiro atoms. The molecule has 14 nitrogen and oxygen atoms in total. The number of carboxylic acid groups (broad SMARTS) is 1. The number of benzene rings is 1. The molecule has 1 aromatic carbocycles. The number of carboxylic acids is 1. The van der Waals surface area contributed by atoms with Crippen LogP contribution in [-0.4, -0.2) is 111 Å². The first-order valence-corrected chi connectivity index (χ1v) is 16.0. The lowest BCUT2D eigenvalue weighted by Crippen LogP contribution is -2.59. The van der Waals surface area contributed by atoms with E-state index in [0.29, 0.717) is 38.6 Å². The lowest BCUT2D eigenvalue weighted by molar-refractivity contribution is -0.144. The second-order valence-electron chi connectivity index (χ2n) is 12.3. The van der Waals surface area contributed by atoms with Crippen LogP contribution >= 0.6 is 0 Å². The minimum Gasteiger partial charge on any atom is -0.480 e. The van der Waals surface area contributed by atoms with Crippen molar-refractivity contribution in [1.82, 2.24) is 25.8 Å². The summed E-state index contributed by atoms with van der Waals surface area (Å²) in [6.07, 6.45) is 1.33. The quantitative estimate of drug-likeness (QED) is 0.154. The molecule has 0 unspecified atom stereocenters. The van der Waals surface area contributed by atoms with Crippen LogP contribution in [0.15, 0.2) is 30.3 Å². The third kappa shape index (κ3) is 9.03. The van der Waals surface area contributed by atoms with E-state index in [4.69, 9.17) is 5.73 Å². The van der Waals surface area contributed by atoms with E-state index in [9.17, 15) is 39.0 Å². The maximum atomic E-state index is 13.5. The zero-order chi connectivity index (χ0) is 34.1. The molecule has 2 fully saturated rings. The maximum absolute atomic E-state index is 13.5. The predicted octanol–water partition coefficient (Wildman–Crippen LogP) is -0.476. The van der Waals surface area contributed by atoms with Gasteiger partial charge in [-0.05, 0) is 51.0 Å². The van der Waals surface area contributed by atoms with Gasteiger partial charge in [0.2, 0.25) is 29.5 Å². The monoisotopic (exact) mass is 644 g/mol. The molecular weight excluding hydrogens is 596 g/mol. The number of aliphatic carboxylic acids is 1. The van der Waals surface area contributed by atoms with E-state index >= 15 is 0 Å². The molecular formula is C32H48N6O8. The van der Waals surface area contributed by atoms with Gasteiger partial charge in [-0.15, -0.1) is 0 Å². The van der Waals surface area contributed by atoms with Crippen molar-refractivity contribution in [2.75, 3.05) is 13.1 Å². The number of hydrogen-bond donors (Lipinski definition) is 6. The van der Waals surface area contributed by atoms with Gasteiger partial charge in [0, 0.05) is 19.5 Å². The third-order valence-corrected chi connectivity index (χ3v) is 8.90. The highest BCUT2D eigenvalue weighted by Gasteiger charge is 2.41. The van der Waals surface area contributed by atoms with Gasteiger partial charge in [-0.3, -0.25) is 24.0 Å². The standard InChI is InChI=1S/C32H48N6O8/c1-5-18(2)26(29(42)35-22(32(45)46)17-21-11-7-6-8-12-21)36-28(41)24-14-9-15-37(24)30(43)19(3)34-27(40)23-13-10-16-38(23)31(44)25(33)20(4)39/h6-8,11-12,18-20,22-26,39H,5,9-10,13-17,33H2,1-4H3,(H,34,40)(H,35,42)(H,36,41)(H,45,46)/t18-,19-,20+,22-,23-,24-,25-,26-/m0/s1. The number of amides is 5. The molecule has 5 amide bonds. The van der Waals surface area contributed by atoms with Crippen molar-refractivity contribution < 1.29 is 39.0 Å². The smallest absolute Gasteiger partial charge is 0.326 e. The molecule has 0 aromatic heterocycles. The van der Waals surface area contributed by atoms with Crippen LogP contribution in [0.3, 0.4) is 0 Å². The molecule has 2 aliphatic rings. The summed E-state index contributed by atoms with van der Waals surface area (Å²) in [6.45, 7) is 7.10. The van der Waals surface area contributed by atoms with Gasteiger partial charge in [0.1, 0.15) is 36.3 Å². The Labute approximate surface area is 269 Å². The number of carbonyl (C=O) groups is 6. The van der Waals surface area contributed by atoms with Crippen molar-refractivity contribution >= 4 is 35.5 Å². The van der Waals surface area contributed by atoms with Crippen molar-refractivity contribution in [3.8, 4) is 0 Å². The summed E-state index contributed by atoms with van der Waals surface area (Å²) in [5.74, 6) is -4.27. The first-order valence-electron chi connectivity index (χ1n) is 16.0. The third-order valence-electron chi connectivity index (χ3n) is 8.90. The maximum Gasteiger partial charge on any atom is 0.326 e. The van der Waals surface area contributed by atoms with Gasteiger partial charge in [-0.2, -0.15) is 0 Å². The summed E-state index contributed by atoms with van der Waals surface area (Å²) in [6, 6.07) is 2.74. The SMILES string of the molecule is CC[C@H](C)[C@H](NC(=O)[C@@H]1CCCN1C(=O)[C@H](C)NC(=O)[C@@H]1CCCN1C(=O)[C@@H](N)[C@@H](C)O)C(=O)N[C@@H](Cc1ccccc1)C(=O)O. The summed E-state index contributed by atoms with van der Waals surface area (Å²) < 4.78 is 0. The highest BCUT2D eigenvalue weighted by atomic mass is 16.4. The minimum atomic E-state index is -1.21. The molecule has 2 heterocycles. The van der Waals surface area contributed by atoms with Gasteiger partial charge < -0.3 is 41.7 Å². The van der Waals surface area contributed by atoms with Gasteiger partial charge >= 0.3 is 5.97 Å². The highest BCUT2D eigenvalue weighted by Crippen LogP contribution is 2.22. The van der Waals surface area contributed by atoms with Crippen LogP contribution in [0.25, 0.3) is 0 Å². The topological polar surface area (TPSA) is 211 Å². The number of nitrogens with two attached hydrogens (primary N) is 1. The number of hydrogen-bond acceptors (Lipinski definition) is 8. The van der Waals surface area contributed by atoms with Crippen LogP contribution in [0.5, 0.6) is 0 Å². The average molecular weight is 645 g/mol. The second kappa shape index (κ2) is 16.5. The van der Waals surface area contributed by atoms with Gasteiger partial charge in [-0.1, -0.05) is 50.6 Å². The summed E-state index contributed by atoms with van der Waals surface area (Å²) in [7, 11) is 0. The Balaban J connectivity index is 1.65. The average Bonchev–Trinajstić information content (AvgIpc) is 3.73. The van der Waals surface area contributed by atoms with Crippen LogP contribution in [0.2, 0.25) is 0 Å². The van der Waals surface area contributed by atoms with Crippen LogP contribution in [-0.2, 0) is 35.2 Å². The van der Waals surface area contributed by atoms with Crippen molar-refractivity contribution in [2.24, 2.45) is 11.7 Å². The first-order chi connectivity index (χ1) is 21.8. The number of carbonyl (C=O) groups excluding carboxylic acids is 5. The van der Waals surface area contributed by atoms with E-state index < -0.39 is 77.9 Å². The molecule has 7 N–H and O–H groups in total. The van der Waals surface area contributed by atoms with Crippen molar-refractivity contribution in [3.63, 3.8) is 0 Å². The number of nitrogens with zero attached hydrogens (tertiary/aromatic N) is 2. The fraction of sp³-hybridized carbons (Fsp3) is 0.625. The summed E-state index contributed by atoms with van der Waals surface area (Å²) in [4.78, 5) is 80.9. The predicted molar refractivity (Wildman–Crippen MR) is 168 cm³/mol. The summed E-state index contributed by atoms with van der Waals surface area (Å²) >= 11 is 0. The van der Waals surface area contributed by atoms with Crippen molar-refractivity contribution in [3.05, 3.63) is 35.9 Å². The van der Waals surface area contributed by atoms with E-state index in [-0.39, 0.29) is 18.9 Å². The van der Waals surface area contributed by atoms with Gasteiger partial charge in [0.05, 0.1) is 6.10 Å². The summed E-state index contributed by atoms with van der Waals surface area (Å²) in [5, 5.41) is 27.5.